The maximum Gasteiger partial charge on any atom is 0.121 e. The molecule has 0 aliphatic heterocycles. The van der Waals surface area contributed by atoms with Gasteiger partial charge in [-0.15, -0.1) is 0 Å². The molecule has 0 N–H and O–H groups in total. The van der Waals surface area contributed by atoms with Crippen molar-refractivity contribution in [1.82, 2.24) is 0 Å². The lowest BCUT2D eigenvalue weighted by Crippen LogP contribution is -2.49. The van der Waals surface area contributed by atoms with Gasteiger partial charge in [-0.2, -0.15) is 0 Å². The first kappa shape index (κ1) is 21.2. The zero-order valence-corrected chi connectivity index (χ0v) is 19.9. The summed E-state index contributed by atoms with van der Waals surface area (Å²) < 4.78 is 0. The topological polar surface area (TPSA) is 3.24 Å². The average molecular weight is 385 g/mol. The summed E-state index contributed by atoms with van der Waals surface area (Å²) in [5.74, 6) is 0. The fourth-order valence-corrected chi connectivity index (χ4v) is 11.0. The van der Waals surface area contributed by atoms with Crippen LogP contribution >= 0.6 is 7.92 Å². The molecule has 0 atom stereocenters. The van der Waals surface area contributed by atoms with E-state index >= 15 is 0 Å². The summed E-state index contributed by atoms with van der Waals surface area (Å²) in [7, 11) is 3.17. The van der Waals surface area contributed by atoms with Gasteiger partial charge in [0.2, 0.25) is 0 Å². The van der Waals surface area contributed by atoms with Crippen molar-refractivity contribution in [3.63, 3.8) is 0 Å². The fraction of sp³-hybridized carbons (Fsp3) is 0.478. The van der Waals surface area contributed by atoms with Gasteiger partial charge in [-0.05, 0) is 32.1 Å². The third kappa shape index (κ3) is 4.59. The molecule has 0 aliphatic rings. The minimum atomic E-state index is -0.838. The highest BCUT2D eigenvalue weighted by molar-refractivity contribution is 7.69. The van der Waals surface area contributed by atoms with Crippen molar-refractivity contribution >= 4 is 38.1 Å². The zero-order chi connectivity index (χ0) is 19.7. The second-order valence-corrected chi connectivity index (χ2v) is 15.4. The molecule has 2 rings (SSSR count). The van der Waals surface area contributed by atoms with Crippen LogP contribution < -0.4 is 20.6 Å². The van der Waals surface area contributed by atoms with Gasteiger partial charge in [0.15, 0.2) is 0 Å². The molecule has 3 heteroatoms. The minimum Gasteiger partial charge on any atom is -0.378 e. The van der Waals surface area contributed by atoms with Gasteiger partial charge in [0, 0.05) is 19.8 Å². The molecule has 0 heterocycles. The van der Waals surface area contributed by atoms with Crippen LogP contribution in [0.4, 0.5) is 5.69 Å². The van der Waals surface area contributed by atoms with Gasteiger partial charge < -0.3 is 4.90 Å². The van der Waals surface area contributed by atoms with E-state index in [4.69, 9.17) is 0 Å². The summed E-state index contributed by atoms with van der Waals surface area (Å²) in [6.45, 7) is 16.9. The molecule has 0 fully saturated rings. The SMILES string of the molecule is CN(C)c1ccccc1[Si](C)c1ccccc1P(C(C)(C)C)C(C)(C)C. The van der Waals surface area contributed by atoms with Crippen molar-refractivity contribution in [3.05, 3.63) is 48.5 Å². The fourth-order valence-electron chi connectivity index (χ4n) is 4.04. The Balaban J connectivity index is 2.63. The van der Waals surface area contributed by atoms with Gasteiger partial charge in [-0.1, -0.05) is 98.5 Å². The van der Waals surface area contributed by atoms with Crippen molar-refractivity contribution < 1.29 is 0 Å². The molecule has 2 aromatic carbocycles. The van der Waals surface area contributed by atoms with Crippen LogP contribution in [0.5, 0.6) is 0 Å². The Labute approximate surface area is 164 Å². The van der Waals surface area contributed by atoms with E-state index < -0.39 is 8.80 Å². The molecule has 1 nitrogen and oxygen atoms in total. The van der Waals surface area contributed by atoms with Crippen molar-refractivity contribution in [2.24, 2.45) is 0 Å². The molecule has 0 saturated carbocycles. The monoisotopic (exact) mass is 384 g/mol. The van der Waals surface area contributed by atoms with E-state index in [2.05, 4.69) is 116 Å². The molecular weight excluding hydrogens is 349 g/mol. The van der Waals surface area contributed by atoms with Gasteiger partial charge in [0.25, 0.3) is 0 Å². The molecule has 0 amide bonds. The van der Waals surface area contributed by atoms with Crippen molar-refractivity contribution in [3.8, 4) is 0 Å². The van der Waals surface area contributed by atoms with Crippen molar-refractivity contribution in [2.45, 2.75) is 58.4 Å². The maximum atomic E-state index is 2.46. The van der Waals surface area contributed by atoms with Crippen molar-refractivity contribution in [2.75, 3.05) is 19.0 Å². The third-order valence-electron chi connectivity index (χ3n) is 4.68. The molecule has 26 heavy (non-hydrogen) atoms. The van der Waals surface area contributed by atoms with Crippen LogP contribution in [0.15, 0.2) is 48.5 Å². The molecule has 0 saturated heterocycles. The molecule has 0 bridgehead atoms. The lowest BCUT2D eigenvalue weighted by molar-refractivity contribution is 0.715. The largest absolute Gasteiger partial charge is 0.378 e. The van der Waals surface area contributed by atoms with E-state index in [1.54, 1.807) is 10.5 Å². The molecule has 1 radical (unpaired) electrons. The second kappa shape index (κ2) is 7.86. The van der Waals surface area contributed by atoms with Crippen LogP contribution in [-0.4, -0.2) is 33.2 Å². The Kier molecular flexibility index (Phi) is 6.41. The Hall–Kier alpha value is -1.11. The predicted molar refractivity (Wildman–Crippen MR) is 124 cm³/mol. The lowest BCUT2D eigenvalue weighted by Gasteiger charge is -2.43. The van der Waals surface area contributed by atoms with Gasteiger partial charge in [0.05, 0.1) is 0 Å². The molecular formula is C23H35NPSi. The van der Waals surface area contributed by atoms with Crippen LogP contribution in [0.25, 0.3) is 0 Å². The highest BCUT2D eigenvalue weighted by Crippen LogP contribution is 2.57. The van der Waals surface area contributed by atoms with Gasteiger partial charge in [-0.25, -0.2) is 0 Å². The molecule has 0 aliphatic carbocycles. The molecule has 0 aromatic heterocycles. The quantitative estimate of drug-likeness (QED) is 0.546. The van der Waals surface area contributed by atoms with Gasteiger partial charge >= 0.3 is 0 Å². The summed E-state index contributed by atoms with van der Waals surface area (Å²) in [4.78, 5) is 2.25. The predicted octanol–water partition coefficient (Wildman–Crippen LogP) is 4.70. The Bertz CT molecular complexity index is 726. The van der Waals surface area contributed by atoms with Crippen molar-refractivity contribution in [1.29, 1.82) is 0 Å². The number of nitrogens with zero attached hydrogens (tertiary/aromatic N) is 1. The number of anilines is 1. The highest BCUT2D eigenvalue weighted by atomic mass is 31.1. The summed E-state index contributed by atoms with van der Waals surface area (Å²) in [5.41, 5.74) is 1.36. The summed E-state index contributed by atoms with van der Waals surface area (Å²) in [6.07, 6.45) is 0. The van der Waals surface area contributed by atoms with E-state index in [0.29, 0.717) is 0 Å². The number of hydrogen-bond donors (Lipinski definition) is 0. The number of hydrogen-bond acceptors (Lipinski definition) is 1. The first-order valence-electron chi connectivity index (χ1n) is 9.44. The number of para-hydroxylation sites is 1. The maximum absolute atomic E-state index is 2.46. The van der Waals surface area contributed by atoms with Gasteiger partial charge in [0.1, 0.15) is 8.80 Å². The Morgan fingerprint density at radius 1 is 0.731 bits per heavy atom. The molecule has 2 aromatic rings. The summed E-state index contributed by atoms with van der Waals surface area (Å²) in [5, 5.41) is 5.27. The van der Waals surface area contributed by atoms with E-state index in [0.717, 1.165) is 0 Å². The number of rotatable bonds is 4. The normalized spacial score (nSPS) is 12.7. The van der Waals surface area contributed by atoms with E-state index in [1.165, 1.54) is 10.9 Å². The second-order valence-electron chi connectivity index (χ2n) is 9.23. The molecule has 0 spiro atoms. The van der Waals surface area contributed by atoms with E-state index in [1.807, 2.05) is 0 Å². The summed E-state index contributed by atoms with van der Waals surface area (Å²) in [6, 6.07) is 18.2. The first-order valence-corrected chi connectivity index (χ1v) is 12.8. The lowest BCUT2D eigenvalue weighted by atomic mass is 10.2. The average Bonchev–Trinajstić information content (AvgIpc) is 2.52. The first-order chi connectivity index (χ1) is 11.9. The van der Waals surface area contributed by atoms with Crippen LogP contribution in [0.1, 0.15) is 41.5 Å². The van der Waals surface area contributed by atoms with Gasteiger partial charge in [-0.3, -0.25) is 0 Å². The van der Waals surface area contributed by atoms with Crippen LogP contribution in [0, 0.1) is 0 Å². The molecule has 0 unspecified atom stereocenters. The third-order valence-corrected chi connectivity index (χ3v) is 10.9. The standard InChI is InChI=1S/C23H35NPSi/c1-22(2,3)25(23(4,5)6)19-15-11-13-17-21(19)26(9)20-16-12-10-14-18(20)24(7)8/h10-17H,1-9H3. The van der Waals surface area contributed by atoms with Crippen LogP contribution in [0.3, 0.4) is 0 Å². The minimum absolute atomic E-state index is 0.285. The smallest absolute Gasteiger partial charge is 0.121 e. The van der Waals surface area contributed by atoms with Crippen LogP contribution in [-0.2, 0) is 0 Å². The Morgan fingerprint density at radius 2 is 1.19 bits per heavy atom. The highest BCUT2D eigenvalue weighted by Gasteiger charge is 2.37. The van der Waals surface area contributed by atoms with E-state index in [-0.39, 0.29) is 18.2 Å². The summed E-state index contributed by atoms with van der Waals surface area (Å²) >= 11 is 0. The zero-order valence-electron chi connectivity index (χ0n) is 18.0. The van der Waals surface area contributed by atoms with Crippen LogP contribution in [0.2, 0.25) is 6.55 Å². The number of benzene rings is 2. The van der Waals surface area contributed by atoms with E-state index in [9.17, 15) is 0 Å². The Morgan fingerprint density at radius 3 is 1.69 bits per heavy atom. The molecule has 141 valence electrons.